The minimum absolute atomic E-state index is 0.207. The Morgan fingerprint density at radius 3 is 2.65 bits per heavy atom. The van der Waals surface area contributed by atoms with Gasteiger partial charge in [0.1, 0.15) is 0 Å². The van der Waals surface area contributed by atoms with Crippen molar-refractivity contribution in [3.8, 4) is 5.69 Å². The minimum atomic E-state index is 0.207. The van der Waals surface area contributed by atoms with Gasteiger partial charge in [0.25, 0.3) is 0 Å². The monoisotopic (exact) mass is 351 g/mol. The van der Waals surface area contributed by atoms with E-state index in [1.807, 2.05) is 19.1 Å². The average molecular weight is 352 g/mol. The van der Waals surface area contributed by atoms with Crippen molar-refractivity contribution in [1.29, 1.82) is 0 Å². The van der Waals surface area contributed by atoms with Crippen molar-refractivity contribution in [3.63, 3.8) is 0 Å². The van der Waals surface area contributed by atoms with E-state index in [1.54, 1.807) is 16.8 Å². The summed E-state index contributed by atoms with van der Waals surface area (Å²) in [4.78, 5) is 14.4. The van der Waals surface area contributed by atoms with E-state index >= 15 is 0 Å². The fourth-order valence-corrected chi connectivity index (χ4v) is 3.46. The second-order valence-electron chi connectivity index (χ2n) is 5.98. The first-order valence-electron chi connectivity index (χ1n) is 7.78. The SMILES string of the molecule is Cc1cc(CC(=O)CN2CCCC2)nn1-c1ccc(Cl)cc1Cl. The molecule has 1 aromatic heterocycles. The number of likely N-dealkylation sites (tertiary alicyclic amines) is 1. The third-order valence-corrected chi connectivity index (χ3v) is 4.59. The smallest absolute Gasteiger partial charge is 0.152 e. The lowest BCUT2D eigenvalue weighted by Gasteiger charge is -2.12. The van der Waals surface area contributed by atoms with Crippen LogP contribution in [0, 0.1) is 6.92 Å². The zero-order valence-corrected chi connectivity index (χ0v) is 14.6. The number of hydrogen-bond acceptors (Lipinski definition) is 3. The fraction of sp³-hybridized carbons (Fsp3) is 0.412. The molecule has 0 aliphatic carbocycles. The number of rotatable bonds is 5. The Hall–Kier alpha value is -1.36. The highest BCUT2D eigenvalue weighted by atomic mass is 35.5. The minimum Gasteiger partial charge on any atom is -0.298 e. The molecule has 0 spiro atoms. The van der Waals surface area contributed by atoms with Crippen molar-refractivity contribution in [2.45, 2.75) is 26.2 Å². The van der Waals surface area contributed by atoms with Crippen LogP contribution in [0.4, 0.5) is 0 Å². The molecule has 1 aliphatic heterocycles. The highest BCUT2D eigenvalue weighted by molar-refractivity contribution is 6.35. The highest BCUT2D eigenvalue weighted by Gasteiger charge is 2.17. The molecule has 0 N–H and O–H groups in total. The van der Waals surface area contributed by atoms with Gasteiger partial charge < -0.3 is 0 Å². The third-order valence-electron chi connectivity index (χ3n) is 4.05. The van der Waals surface area contributed by atoms with Crippen LogP contribution in [-0.2, 0) is 11.2 Å². The molecule has 0 bridgehead atoms. The van der Waals surface area contributed by atoms with Crippen LogP contribution in [0.5, 0.6) is 0 Å². The van der Waals surface area contributed by atoms with Gasteiger partial charge >= 0.3 is 0 Å². The van der Waals surface area contributed by atoms with Crippen LogP contribution in [0.15, 0.2) is 24.3 Å². The van der Waals surface area contributed by atoms with E-state index < -0.39 is 0 Å². The quantitative estimate of drug-likeness (QED) is 0.824. The summed E-state index contributed by atoms with van der Waals surface area (Å²) >= 11 is 12.2. The van der Waals surface area contributed by atoms with Crippen molar-refractivity contribution in [1.82, 2.24) is 14.7 Å². The van der Waals surface area contributed by atoms with Crippen LogP contribution >= 0.6 is 23.2 Å². The van der Waals surface area contributed by atoms with Gasteiger partial charge in [0, 0.05) is 10.7 Å². The lowest BCUT2D eigenvalue weighted by atomic mass is 10.2. The van der Waals surface area contributed by atoms with Gasteiger partial charge in [0.15, 0.2) is 5.78 Å². The summed E-state index contributed by atoms with van der Waals surface area (Å²) in [5.74, 6) is 0.207. The van der Waals surface area contributed by atoms with Crippen molar-refractivity contribution >= 4 is 29.0 Å². The fourth-order valence-electron chi connectivity index (χ4n) is 2.97. The molecule has 2 aromatic rings. The number of hydrogen-bond donors (Lipinski definition) is 0. The third kappa shape index (κ3) is 3.94. The van der Waals surface area contributed by atoms with Gasteiger partial charge in [0.05, 0.1) is 29.4 Å². The first kappa shape index (κ1) is 16.5. The molecule has 1 aliphatic rings. The Kier molecular flexibility index (Phi) is 5.05. The molecular formula is C17H19Cl2N3O. The summed E-state index contributed by atoms with van der Waals surface area (Å²) in [5.41, 5.74) is 2.49. The molecule has 1 saturated heterocycles. The normalized spacial score (nSPS) is 15.3. The number of ketones is 1. The predicted octanol–water partition coefficient (Wildman–Crippen LogP) is 3.69. The second kappa shape index (κ2) is 7.04. The molecule has 122 valence electrons. The molecule has 6 heteroatoms. The number of nitrogens with zero attached hydrogens (tertiary/aromatic N) is 3. The Labute approximate surface area is 146 Å². The zero-order valence-electron chi connectivity index (χ0n) is 13.1. The molecule has 23 heavy (non-hydrogen) atoms. The van der Waals surface area contributed by atoms with Gasteiger partial charge in [-0.3, -0.25) is 9.69 Å². The molecule has 0 radical (unpaired) electrons. The number of benzene rings is 1. The lowest BCUT2D eigenvalue weighted by molar-refractivity contribution is -0.119. The number of Topliss-reactive ketones (excluding diaryl/α,β-unsaturated/α-hetero) is 1. The highest BCUT2D eigenvalue weighted by Crippen LogP contribution is 2.25. The standard InChI is InChI=1S/C17H19Cl2N3O/c1-12-8-14(10-15(23)11-21-6-2-3-7-21)20-22(12)17-5-4-13(18)9-16(17)19/h4-5,8-9H,2-3,6-7,10-11H2,1H3. The number of carbonyl (C=O) groups excluding carboxylic acids is 1. The largest absolute Gasteiger partial charge is 0.298 e. The summed E-state index contributed by atoms with van der Waals surface area (Å²) in [5, 5.41) is 5.66. The van der Waals surface area contributed by atoms with Gasteiger partial charge in [-0.05, 0) is 57.1 Å². The van der Waals surface area contributed by atoms with Gasteiger partial charge in [-0.15, -0.1) is 0 Å². The van der Waals surface area contributed by atoms with E-state index in [0.717, 1.165) is 30.2 Å². The molecule has 0 unspecified atom stereocenters. The first-order valence-corrected chi connectivity index (χ1v) is 8.53. The molecule has 2 heterocycles. The van der Waals surface area contributed by atoms with Crippen LogP contribution in [-0.4, -0.2) is 40.1 Å². The van der Waals surface area contributed by atoms with Crippen LogP contribution in [0.3, 0.4) is 0 Å². The summed E-state index contributed by atoms with van der Waals surface area (Å²) in [6.07, 6.45) is 2.74. The molecule has 3 rings (SSSR count). The Balaban J connectivity index is 1.74. The second-order valence-corrected chi connectivity index (χ2v) is 6.83. The number of halogens is 2. The van der Waals surface area contributed by atoms with E-state index in [9.17, 15) is 4.79 Å². The summed E-state index contributed by atoms with van der Waals surface area (Å²) < 4.78 is 1.76. The van der Waals surface area contributed by atoms with Gasteiger partial charge in [-0.25, -0.2) is 4.68 Å². The Morgan fingerprint density at radius 2 is 1.96 bits per heavy atom. The topological polar surface area (TPSA) is 38.1 Å². The van der Waals surface area contributed by atoms with Crippen LogP contribution in [0.2, 0.25) is 10.0 Å². The maximum absolute atomic E-state index is 12.2. The summed E-state index contributed by atoms with van der Waals surface area (Å²) in [6, 6.07) is 7.24. The van der Waals surface area contributed by atoms with E-state index in [2.05, 4.69) is 10.00 Å². The zero-order chi connectivity index (χ0) is 16.4. The van der Waals surface area contributed by atoms with Gasteiger partial charge in [-0.2, -0.15) is 5.10 Å². The number of aromatic nitrogens is 2. The van der Waals surface area contributed by atoms with E-state index in [1.165, 1.54) is 12.8 Å². The molecule has 1 aromatic carbocycles. The molecular weight excluding hydrogens is 333 g/mol. The molecule has 0 saturated carbocycles. The van der Waals surface area contributed by atoms with Gasteiger partial charge in [-0.1, -0.05) is 23.2 Å². The van der Waals surface area contributed by atoms with Crippen LogP contribution < -0.4 is 0 Å². The Bertz CT molecular complexity index is 721. The number of aryl methyl sites for hydroxylation is 1. The van der Waals surface area contributed by atoms with Crippen molar-refractivity contribution in [2.75, 3.05) is 19.6 Å². The summed E-state index contributed by atoms with van der Waals surface area (Å²) in [6.45, 7) is 4.53. The van der Waals surface area contributed by atoms with E-state index in [0.29, 0.717) is 23.0 Å². The number of carbonyl (C=O) groups is 1. The lowest BCUT2D eigenvalue weighted by Crippen LogP contribution is -2.27. The molecule has 1 fully saturated rings. The first-order chi connectivity index (χ1) is 11.0. The van der Waals surface area contributed by atoms with Crippen molar-refractivity contribution in [2.24, 2.45) is 0 Å². The average Bonchev–Trinajstić information content (AvgIpc) is 3.09. The maximum Gasteiger partial charge on any atom is 0.152 e. The maximum atomic E-state index is 12.2. The Morgan fingerprint density at radius 1 is 1.22 bits per heavy atom. The summed E-state index contributed by atoms with van der Waals surface area (Å²) in [7, 11) is 0. The van der Waals surface area contributed by atoms with Crippen LogP contribution in [0.25, 0.3) is 5.69 Å². The molecule has 0 amide bonds. The van der Waals surface area contributed by atoms with E-state index in [-0.39, 0.29) is 5.78 Å². The van der Waals surface area contributed by atoms with Gasteiger partial charge in [0.2, 0.25) is 0 Å². The van der Waals surface area contributed by atoms with Crippen molar-refractivity contribution < 1.29 is 4.79 Å². The molecule has 4 nitrogen and oxygen atoms in total. The van der Waals surface area contributed by atoms with Crippen molar-refractivity contribution in [3.05, 3.63) is 45.7 Å². The molecule has 0 atom stereocenters. The van der Waals surface area contributed by atoms with E-state index in [4.69, 9.17) is 23.2 Å². The predicted molar refractivity (Wildman–Crippen MR) is 92.7 cm³/mol. The van der Waals surface area contributed by atoms with Crippen LogP contribution in [0.1, 0.15) is 24.2 Å².